The van der Waals surface area contributed by atoms with Crippen molar-refractivity contribution < 1.29 is 19.4 Å². The van der Waals surface area contributed by atoms with Crippen LogP contribution in [0, 0.1) is 0 Å². The monoisotopic (exact) mass is 321 g/mol. The van der Waals surface area contributed by atoms with Gasteiger partial charge in [-0.3, -0.25) is 14.7 Å². The van der Waals surface area contributed by atoms with Crippen LogP contribution >= 0.6 is 0 Å². The number of carboxylic acids is 1. The highest BCUT2D eigenvalue weighted by Gasteiger charge is 2.34. The van der Waals surface area contributed by atoms with Crippen molar-refractivity contribution >= 4 is 12.1 Å². The first-order valence-corrected chi connectivity index (χ1v) is 7.62. The van der Waals surface area contributed by atoms with Crippen LogP contribution in [0.3, 0.4) is 0 Å². The second-order valence-corrected chi connectivity index (χ2v) is 6.65. The number of aliphatic carboxylic acids is 1. The number of pyridine rings is 1. The van der Waals surface area contributed by atoms with Gasteiger partial charge in [-0.05, 0) is 38.8 Å². The largest absolute Gasteiger partial charge is 0.480 e. The van der Waals surface area contributed by atoms with Crippen LogP contribution in [0.5, 0.6) is 0 Å². The molecule has 0 aromatic carbocycles. The standard InChI is InChI=1S/C16H23N3O4/c1-16(2,3)23-15(22)18-12-6-8-19(10-12)13(14(20)21)11-5-4-7-17-9-11/h4-5,7,9,12-13H,6,8,10H2,1-3H3,(H,18,22)(H,20,21)/t12-,13-/m1/s1. The van der Waals surface area contributed by atoms with Crippen molar-refractivity contribution in [2.45, 2.75) is 44.9 Å². The smallest absolute Gasteiger partial charge is 0.407 e. The Balaban J connectivity index is 1.98. The molecule has 1 aliphatic rings. The van der Waals surface area contributed by atoms with Gasteiger partial charge in [-0.25, -0.2) is 4.79 Å². The lowest BCUT2D eigenvalue weighted by molar-refractivity contribution is -0.143. The van der Waals surface area contributed by atoms with E-state index in [-0.39, 0.29) is 6.04 Å². The summed E-state index contributed by atoms with van der Waals surface area (Å²) in [5.41, 5.74) is 0.0831. The summed E-state index contributed by atoms with van der Waals surface area (Å²) in [6.45, 7) is 6.46. The van der Waals surface area contributed by atoms with Gasteiger partial charge in [0.05, 0.1) is 0 Å². The van der Waals surface area contributed by atoms with E-state index in [2.05, 4.69) is 10.3 Å². The number of hydrogen-bond acceptors (Lipinski definition) is 5. The number of alkyl carbamates (subject to hydrolysis) is 1. The highest BCUT2D eigenvalue weighted by molar-refractivity contribution is 5.75. The molecule has 1 aromatic heterocycles. The molecule has 2 rings (SSSR count). The van der Waals surface area contributed by atoms with Crippen molar-refractivity contribution in [3.8, 4) is 0 Å². The molecule has 7 heteroatoms. The second kappa shape index (κ2) is 6.95. The number of carbonyl (C=O) groups excluding carboxylic acids is 1. The predicted octanol–water partition coefficient (Wildman–Crippen LogP) is 1.81. The van der Waals surface area contributed by atoms with Gasteiger partial charge in [-0.1, -0.05) is 6.07 Å². The quantitative estimate of drug-likeness (QED) is 0.879. The topological polar surface area (TPSA) is 91.8 Å². The number of hydrogen-bond donors (Lipinski definition) is 2. The normalized spacial score (nSPS) is 20.0. The minimum absolute atomic E-state index is 0.122. The van der Waals surface area contributed by atoms with Gasteiger partial charge < -0.3 is 15.2 Å². The molecule has 0 bridgehead atoms. The number of carbonyl (C=O) groups is 2. The van der Waals surface area contributed by atoms with Gasteiger partial charge in [-0.15, -0.1) is 0 Å². The summed E-state index contributed by atoms with van der Waals surface area (Å²) in [6.07, 6.45) is 3.38. The molecule has 7 nitrogen and oxygen atoms in total. The van der Waals surface area contributed by atoms with Crippen LogP contribution in [0.4, 0.5) is 4.79 Å². The Morgan fingerprint density at radius 1 is 1.48 bits per heavy atom. The number of amides is 1. The molecule has 1 amide bonds. The average Bonchev–Trinajstić information content (AvgIpc) is 2.85. The molecule has 0 saturated carbocycles. The molecule has 1 aromatic rings. The highest BCUT2D eigenvalue weighted by Crippen LogP contribution is 2.25. The molecule has 1 saturated heterocycles. The summed E-state index contributed by atoms with van der Waals surface area (Å²) < 4.78 is 5.23. The van der Waals surface area contributed by atoms with Gasteiger partial charge in [0.1, 0.15) is 11.6 Å². The number of aromatic nitrogens is 1. The minimum Gasteiger partial charge on any atom is -0.480 e. The first-order valence-electron chi connectivity index (χ1n) is 7.62. The van der Waals surface area contributed by atoms with E-state index in [1.54, 1.807) is 45.3 Å². The average molecular weight is 321 g/mol. The Kier molecular flexibility index (Phi) is 5.20. The fourth-order valence-electron chi connectivity index (χ4n) is 2.66. The summed E-state index contributed by atoms with van der Waals surface area (Å²) in [5.74, 6) is -0.920. The summed E-state index contributed by atoms with van der Waals surface area (Å²) >= 11 is 0. The molecule has 2 heterocycles. The van der Waals surface area contributed by atoms with Gasteiger partial charge in [-0.2, -0.15) is 0 Å². The molecule has 0 unspecified atom stereocenters. The van der Waals surface area contributed by atoms with Crippen molar-refractivity contribution in [3.63, 3.8) is 0 Å². The Morgan fingerprint density at radius 3 is 2.78 bits per heavy atom. The third-order valence-electron chi connectivity index (χ3n) is 3.54. The maximum absolute atomic E-state index is 11.8. The van der Waals surface area contributed by atoms with E-state index in [9.17, 15) is 14.7 Å². The number of nitrogens with one attached hydrogen (secondary N) is 1. The lowest BCUT2D eigenvalue weighted by Gasteiger charge is -2.25. The first-order chi connectivity index (χ1) is 10.8. The molecular formula is C16H23N3O4. The fourth-order valence-corrected chi connectivity index (χ4v) is 2.66. The van der Waals surface area contributed by atoms with Crippen molar-refractivity contribution in [1.82, 2.24) is 15.2 Å². The Labute approximate surface area is 135 Å². The zero-order valence-electron chi connectivity index (χ0n) is 13.7. The maximum Gasteiger partial charge on any atom is 0.407 e. The van der Waals surface area contributed by atoms with E-state index >= 15 is 0 Å². The van der Waals surface area contributed by atoms with Crippen molar-refractivity contribution in [1.29, 1.82) is 0 Å². The molecule has 23 heavy (non-hydrogen) atoms. The van der Waals surface area contributed by atoms with Crippen molar-refractivity contribution in [2.75, 3.05) is 13.1 Å². The van der Waals surface area contributed by atoms with Gasteiger partial charge in [0, 0.05) is 31.5 Å². The number of ether oxygens (including phenoxy) is 1. The van der Waals surface area contributed by atoms with Gasteiger partial charge >= 0.3 is 12.1 Å². The van der Waals surface area contributed by atoms with Crippen LogP contribution in [0.25, 0.3) is 0 Å². The van der Waals surface area contributed by atoms with Crippen LogP contribution in [-0.4, -0.2) is 51.8 Å². The number of rotatable bonds is 4. The van der Waals surface area contributed by atoms with Gasteiger partial charge in [0.25, 0.3) is 0 Å². The van der Waals surface area contributed by atoms with Crippen LogP contribution in [0.15, 0.2) is 24.5 Å². The van der Waals surface area contributed by atoms with Crippen molar-refractivity contribution in [3.05, 3.63) is 30.1 Å². The molecule has 1 aliphatic heterocycles. The van der Waals surface area contributed by atoms with Crippen LogP contribution in [0.2, 0.25) is 0 Å². The SMILES string of the molecule is CC(C)(C)OC(=O)N[C@@H]1CCN([C@@H](C(=O)O)c2cccnc2)C1. The first kappa shape index (κ1) is 17.2. The van der Waals surface area contributed by atoms with E-state index in [0.29, 0.717) is 25.1 Å². The summed E-state index contributed by atoms with van der Waals surface area (Å²) in [6, 6.07) is 2.59. The second-order valence-electron chi connectivity index (χ2n) is 6.65. The highest BCUT2D eigenvalue weighted by atomic mass is 16.6. The Bertz CT molecular complexity index is 556. The fraction of sp³-hybridized carbons (Fsp3) is 0.562. The van der Waals surface area contributed by atoms with E-state index in [4.69, 9.17) is 4.74 Å². The van der Waals surface area contributed by atoms with E-state index in [1.165, 1.54) is 0 Å². The molecule has 0 aliphatic carbocycles. The zero-order chi connectivity index (χ0) is 17.0. The van der Waals surface area contributed by atoms with E-state index < -0.39 is 23.7 Å². The van der Waals surface area contributed by atoms with E-state index in [0.717, 1.165) is 0 Å². The van der Waals surface area contributed by atoms with E-state index in [1.807, 2.05) is 4.90 Å². The predicted molar refractivity (Wildman–Crippen MR) is 84.0 cm³/mol. The maximum atomic E-state index is 11.8. The summed E-state index contributed by atoms with van der Waals surface area (Å²) in [7, 11) is 0. The van der Waals surface area contributed by atoms with Crippen molar-refractivity contribution in [2.24, 2.45) is 0 Å². The number of nitrogens with zero attached hydrogens (tertiary/aromatic N) is 2. The zero-order valence-corrected chi connectivity index (χ0v) is 13.7. The summed E-state index contributed by atoms with van der Waals surface area (Å²) in [4.78, 5) is 29.3. The lowest BCUT2D eigenvalue weighted by Crippen LogP contribution is -2.41. The summed E-state index contributed by atoms with van der Waals surface area (Å²) in [5, 5.41) is 12.3. The third kappa shape index (κ3) is 4.92. The lowest BCUT2D eigenvalue weighted by atomic mass is 10.1. The molecule has 0 spiro atoms. The third-order valence-corrected chi connectivity index (χ3v) is 3.54. The number of likely N-dealkylation sites (tertiary alicyclic amines) is 1. The van der Waals surface area contributed by atoms with Gasteiger partial charge in [0.2, 0.25) is 0 Å². The molecule has 2 N–H and O–H groups in total. The molecule has 0 radical (unpaired) electrons. The Hall–Kier alpha value is -2.15. The molecular weight excluding hydrogens is 298 g/mol. The minimum atomic E-state index is -0.920. The number of carboxylic acid groups (broad SMARTS) is 1. The molecule has 1 fully saturated rings. The van der Waals surface area contributed by atoms with Crippen LogP contribution in [-0.2, 0) is 9.53 Å². The Morgan fingerprint density at radius 2 is 2.22 bits per heavy atom. The van der Waals surface area contributed by atoms with Gasteiger partial charge in [0.15, 0.2) is 0 Å². The van der Waals surface area contributed by atoms with Crippen LogP contribution < -0.4 is 5.32 Å². The van der Waals surface area contributed by atoms with Crippen LogP contribution in [0.1, 0.15) is 38.8 Å². The molecule has 2 atom stereocenters. The molecule has 126 valence electrons.